The SMILES string of the molecule is CCn1c(C)nn(-c2nc(N3CCN(C(=O)N4N=CC[C@H]4c4cccc(C#N)c4F)CC3)ncc2F)c1=O. The highest BCUT2D eigenvalue weighted by Crippen LogP contribution is 2.32. The summed E-state index contributed by atoms with van der Waals surface area (Å²) in [4.78, 5) is 37.6. The lowest BCUT2D eigenvalue weighted by atomic mass is 10.0. The maximum atomic E-state index is 14.8. The summed E-state index contributed by atoms with van der Waals surface area (Å²) in [5.74, 6) is -1.04. The van der Waals surface area contributed by atoms with E-state index < -0.39 is 29.4 Å². The molecule has 0 N–H and O–H groups in total. The average Bonchev–Trinajstić information content (AvgIpc) is 3.52. The highest BCUT2D eigenvalue weighted by molar-refractivity contribution is 5.79. The van der Waals surface area contributed by atoms with Crippen LogP contribution in [0.1, 0.15) is 36.3 Å². The molecule has 2 aromatic heterocycles. The summed E-state index contributed by atoms with van der Waals surface area (Å²) in [5.41, 5.74) is -0.355. The van der Waals surface area contributed by atoms with E-state index >= 15 is 0 Å². The fourth-order valence-electron chi connectivity index (χ4n) is 4.64. The van der Waals surface area contributed by atoms with Crippen LogP contribution in [0.5, 0.6) is 0 Å². The number of aryl methyl sites for hydroxylation is 1. The fourth-order valence-corrected chi connectivity index (χ4v) is 4.64. The molecule has 3 aromatic rings. The van der Waals surface area contributed by atoms with Crippen LogP contribution in [-0.4, -0.2) is 72.6 Å². The van der Waals surface area contributed by atoms with Gasteiger partial charge in [-0.15, -0.1) is 5.10 Å². The molecule has 14 heteroatoms. The molecule has 0 saturated carbocycles. The lowest BCUT2D eigenvalue weighted by Crippen LogP contribution is -2.52. The molecule has 2 amide bonds. The number of hydrogen-bond donors (Lipinski definition) is 0. The van der Waals surface area contributed by atoms with Crippen LogP contribution in [0.15, 0.2) is 34.3 Å². The van der Waals surface area contributed by atoms with Crippen LogP contribution in [-0.2, 0) is 6.54 Å². The van der Waals surface area contributed by atoms with Crippen LogP contribution in [0.3, 0.4) is 0 Å². The van der Waals surface area contributed by atoms with Crippen molar-refractivity contribution in [3.05, 3.63) is 63.5 Å². The number of hydrazone groups is 1. The van der Waals surface area contributed by atoms with Gasteiger partial charge in [0.05, 0.1) is 17.8 Å². The maximum absolute atomic E-state index is 14.8. The van der Waals surface area contributed by atoms with Crippen molar-refractivity contribution in [2.45, 2.75) is 32.9 Å². The molecule has 2 aliphatic rings. The van der Waals surface area contributed by atoms with E-state index in [0.29, 0.717) is 31.9 Å². The number of carbonyl (C=O) groups excluding carboxylic acids is 1. The summed E-state index contributed by atoms with van der Waals surface area (Å²) >= 11 is 0. The lowest BCUT2D eigenvalue weighted by molar-refractivity contribution is 0.138. The van der Waals surface area contributed by atoms with E-state index in [-0.39, 0.29) is 36.0 Å². The molecule has 2 aliphatic heterocycles. The molecule has 4 heterocycles. The number of halogens is 2. The smallest absolute Gasteiger partial charge is 0.337 e. The Morgan fingerprint density at radius 1 is 1.21 bits per heavy atom. The summed E-state index contributed by atoms with van der Waals surface area (Å²) in [5, 5.41) is 18.7. The topological polar surface area (TPSA) is 129 Å². The van der Waals surface area contributed by atoms with Gasteiger partial charge in [-0.1, -0.05) is 12.1 Å². The fraction of sp³-hybridized carbons (Fsp3) is 0.375. The van der Waals surface area contributed by atoms with Gasteiger partial charge in [-0.3, -0.25) is 4.57 Å². The van der Waals surface area contributed by atoms with Crippen molar-refractivity contribution in [2.75, 3.05) is 31.1 Å². The van der Waals surface area contributed by atoms with Gasteiger partial charge in [-0.05, 0) is 19.9 Å². The molecule has 1 aromatic carbocycles. The van der Waals surface area contributed by atoms with Gasteiger partial charge in [0.15, 0.2) is 11.6 Å². The second kappa shape index (κ2) is 10.0. The number of piperazine rings is 1. The summed E-state index contributed by atoms with van der Waals surface area (Å²) in [7, 11) is 0. The van der Waals surface area contributed by atoms with Gasteiger partial charge in [-0.2, -0.15) is 20.0 Å². The molecule has 12 nitrogen and oxygen atoms in total. The third kappa shape index (κ3) is 4.25. The van der Waals surface area contributed by atoms with E-state index in [1.165, 1.54) is 15.6 Å². The van der Waals surface area contributed by atoms with Crippen LogP contribution in [0.2, 0.25) is 0 Å². The largest absolute Gasteiger partial charge is 0.352 e. The van der Waals surface area contributed by atoms with Crippen LogP contribution in [0.25, 0.3) is 5.82 Å². The Bertz CT molecular complexity index is 1520. The zero-order chi connectivity index (χ0) is 27.0. The van der Waals surface area contributed by atoms with Crippen molar-refractivity contribution in [2.24, 2.45) is 5.10 Å². The van der Waals surface area contributed by atoms with Gasteiger partial charge >= 0.3 is 11.7 Å². The van der Waals surface area contributed by atoms with E-state index in [4.69, 9.17) is 5.26 Å². The maximum Gasteiger partial charge on any atom is 0.352 e. The van der Waals surface area contributed by atoms with Gasteiger partial charge in [0.25, 0.3) is 0 Å². The second-order valence-corrected chi connectivity index (χ2v) is 8.80. The number of nitrogens with zero attached hydrogens (tertiary/aromatic N) is 10. The number of aromatic nitrogens is 5. The number of anilines is 1. The molecule has 1 atom stereocenters. The lowest BCUT2D eigenvalue weighted by Gasteiger charge is -2.37. The molecule has 196 valence electrons. The predicted molar refractivity (Wildman–Crippen MR) is 132 cm³/mol. The summed E-state index contributed by atoms with van der Waals surface area (Å²) < 4.78 is 31.7. The molecule has 5 rings (SSSR count). The van der Waals surface area contributed by atoms with E-state index in [1.807, 2.05) is 6.07 Å². The molecule has 0 bridgehead atoms. The van der Waals surface area contributed by atoms with E-state index in [0.717, 1.165) is 10.9 Å². The first kappa shape index (κ1) is 25.0. The summed E-state index contributed by atoms with van der Waals surface area (Å²) in [6.07, 6.45) is 2.88. The first-order valence-corrected chi connectivity index (χ1v) is 12.1. The monoisotopic (exact) mass is 522 g/mol. The Labute approximate surface area is 216 Å². The number of benzene rings is 1. The Morgan fingerprint density at radius 3 is 2.66 bits per heavy atom. The van der Waals surface area contributed by atoms with Gasteiger partial charge in [0.2, 0.25) is 5.95 Å². The highest BCUT2D eigenvalue weighted by Gasteiger charge is 2.35. The first-order chi connectivity index (χ1) is 18.3. The number of urea groups is 1. The molecule has 0 aliphatic carbocycles. The minimum absolute atomic E-state index is 0.0898. The molecule has 1 saturated heterocycles. The van der Waals surface area contributed by atoms with E-state index in [2.05, 4.69) is 20.2 Å². The van der Waals surface area contributed by atoms with Crippen molar-refractivity contribution in [3.63, 3.8) is 0 Å². The minimum Gasteiger partial charge on any atom is -0.337 e. The Kier molecular flexibility index (Phi) is 6.58. The second-order valence-electron chi connectivity index (χ2n) is 8.80. The van der Waals surface area contributed by atoms with Gasteiger partial charge < -0.3 is 9.80 Å². The van der Waals surface area contributed by atoms with Crippen LogP contribution in [0.4, 0.5) is 19.5 Å². The molecule has 38 heavy (non-hydrogen) atoms. The van der Waals surface area contributed by atoms with Gasteiger partial charge in [0, 0.05) is 50.9 Å². The Morgan fingerprint density at radius 2 is 1.97 bits per heavy atom. The molecular weight excluding hydrogens is 498 g/mol. The number of carbonyl (C=O) groups is 1. The van der Waals surface area contributed by atoms with Crippen molar-refractivity contribution >= 4 is 18.2 Å². The molecule has 1 fully saturated rings. The quantitative estimate of drug-likeness (QED) is 0.512. The van der Waals surface area contributed by atoms with Gasteiger partial charge in [0.1, 0.15) is 17.7 Å². The van der Waals surface area contributed by atoms with Crippen LogP contribution < -0.4 is 10.6 Å². The Hall–Kier alpha value is -4.67. The number of amides is 2. The van der Waals surface area contributed by atoms with Crippen molar-refractivity contribution < 1.29 is 13.6 Å². The van der Waals surface area contributed by atoms with Crippen molar-refractivity contribution in [1.82, 2.24) is 34.2 Å². The van der Waals surface area contributed by atoms with E-state index in [1.54, 1.807) is 42.0 Å². The molecular formula is C24H24F2N10O2. The Balaban J connectivity index is 1.30. The third-order valence-electron chi connectivity index (χ3n) is 6.64. The van der Waals surface area contributed by atoms with Gasteiger partial charge in [-0.25, -0.2) is 28.4 Å². The number of nitriles is 1. The summed E-state index contributed by atoms with van der Waals surface area (Å²) in [6.45, 7) is 5.09. The number of rotatable bonds is 4. The minimum atomic E-state index is -0.781. The average molecular weight is 523 g/mol. The van der Waals surface area contributed by atoms with E-state index in [9.17, 15) is 18.4 Å². The van der Waals surface area contributed by atoms with Crippen molar-refractivity contribution in [1.29, 1.82) is 5.26 Å². The van der Waals surface area contributed by atoms with Crippen LogP contribution in [0, 0.1) is 29.9 Å². The third-order valence-corrected chi connectivity index (χ3v) is 6.64. The first-order valence-electron chi connectivity index (χ1n) is 12.1. The predicted octanol–water partition coefficient (Wildman–Crippen LogP) is 1.98. The molecule has 0 unspecified atom stereocenters. The normalized spacial score (nSPS) is 17.2. The standard InChI is InChI=1S/C24H24F2N10O2/c1-3-34-15(2)31-36(24(34)38)21-18(25)14-28-22(30-21)32-9-11-33(12-10-32)23(37)35-19(7-8-29-35)17-6-4-5-16(13-27)20(17)26/h4-6,8,14,19H,3,7,9-12H2,1-2H3/t19-/m0/s1. The zero-order valence-corrected chi connectivity index (χ0v) is 20.8. The van der Waals surface area contributed by atoms with Crippen LogP contribution >= 0.6 is 0 Å². The number of hydrogen-bond acceptors (Lipinski definition) is 8. The summed E-state index contributed by atoms with van der Waals surface area (Å²) in [6, 6.07) is 5.29. The zero-order valence-electron chi connectivity index (χ0n) is 20.8. The highest BCUT2D eigenvalue weighted by atomic mass is 19.1. The van der Waals surface area contributed by atoms with Crippen molar-refractivity contribution in [3.8, 4) is 11.9 Å². The molecule has 0 radical (unpaired) electrons. The molecule has 0 spiro atoms.